The highest BCUT2D eigenvalue weighted by molar-refractivity contribution is 5.82. The number of fused-ring (bicyclic) bond motifs is 3. The van der Waals surface area contributed by atoms with Crippen molar-refractivity contribution in [2.45, 2.75) is 83.5 Å². The molecule has 6 aromatic rings. The van der Waals surface area contributed by atoms with E-state index in [1.165, 1.54) is 73.6 Å². The van der Waals surface area contributed by atoms with Gasteiger partial charge >= 0.3 is 0 Å². The molecule has 4 nitrogen and oxygen atoms in total. The first kappa shape index (κ1) is 35.6. The summed E-state index contributed by atoms with van der Waals surface area (Å²) in [6.45, 7) is 4.58. The van der Waals surface area contributed by atoms with Gasteiger partial charge in [0.2, 0.25) is 0 Å². The summed E-state index contributed by atoms with van der Waals surface area (Å²) in [5.74, 6) is 13.8. The Labute approximate surface area is 315 Å². The highest BCUT2D eigenvalue weighted by atomic mass is 14.8. The lowest BCUT2D eigenvalue weighted by Crippen LogP contribution is -2.26. The lowest BCUT2D eigenvalue weighted by Gasteiger charge is -2.33. The summed E-state index contributed by atoms with van der Waals surface area (Å²) < 4.78 is 0. The van der Waals surface area contributed by atoms with E-state index in [1.807, 2.05) is 73.1 Å². The first-order valence-corrected chi connectivity index (χ1v) is 19.3. The molecule has 4 heteroatoms. The fraction of sp³-hybridized carbons (Fsp3) is 0.265. The monoisotopic (exact) mass is 690 g/mol. The van der Waals surface area contributed by atoms with E-state index in [2.05, 4.69) is 93.9 Å². The molecule has 0 radical (unpaired) electrons. The molecule has 7 rings (SSSR count). The summed E-state index contributed by atoms with van der Waals surface area (Å²) in [7, 11) is 0. The van der Waals surface area contributed by atoms with Crippen molar-refractivity contribution in [3.63, 3.8) is 0 Å². The van der Waals surface area contributed by atoms with Crippen LogP contribution in [0.15, 0.2) is 122 Å². The molecule has 53 heavy (non-hydrogen) atoms. The summed E-state index contributed by atoms with van der Waals surface area (Å²) in [6, 6.07) is 33.6. The number of benzene rings is 2. The van der Waals surface area contributed by atoms with Crippen LogP contribution in [0, 0.1) is 23.7 Å². The Morgan fingerprint density at radius 3 is 1.26 bits per heavy atom. The molecule has 262 valence electrons. The van der Waals surface area contributed by atoms with Gasteiger partial charge in [-0.05, 0) is 108 Å². The van der Waals surface area contributed by atoms with Gasteiger partial charge in [0.15, 0.2) is 0 Å². The summed E-state index contributed by atoms with van der Waals surface area (Å²) >= 11 is 0. The number of rotatable bonds is 12. The largest absolute Gasteiger partial charge is 0.255 e. The Bertz CT molecular complexity index is 2090. The second-order valence-corrected chi connectivity index (χ2v) is 14.0. The molecule has 4 aromatic heterocycles. The average Bonchev–Trinajstić information content (AvgIpc) is 3.48. The van der Waals surface area contributed by atoms with E-state index in [4.69, 9.17) is 0 Å². The van der Waals surface area contributed by atoms with Crippen LogP contribution in [0.3, 0.4) is 0 Å². The number of pyridine rings is 4. The van der Waals surface area contributed by atoms with Crippen LogP contribution in [-0.4, -0.2) is 19.9 Å². The molecule has 2 aromatic carbocycles. The third-order valence-corrected chi connectivity index (χ3v) is 10.4. The highest BCUT2D eigenvalue weighted by Gasteiger charge is 2.42. The summed E-state index contributed by atoms with van der Waals surface area (Å²) in [5, 5.41) is 0. The molecule has 0 N–H and O–H groups in total. The fourth-order valence-corrected chi connectivity index (χ4v) is 7.58. The minimum atomic E-state index is -0.0701. The first-order valence-electron chi connectivity index (χ1n) is 19.3. The molecule has 0 atom stereocenters. The van der Waals surface area contributed by atoms with Crippen LogP contribution in [0.25, 0.3) is 33.9 Å². The van der Waals surface area contributed by atoms with Crippen molar-refractivity contribution in [3.05, 3.63) is 155 Å². The normalized spacial score (nSPS) is 12.2. The first-order chi connectivity index (χ1) is 26.2. The molecular formula is C49H46N4. The van der Waals surface area contributed by atoms with Crippen LogP contribution >= 0.6 is 0 Å². The van der Waals surface area contributed by atoms with E-state index < -0.39 is 0 Å². The second-order valence-electron chi connectivity index (χ2n) is 14.0. The average molecular weight is 691 g/mol. The number of hydrogen-bond acceptors (Lipinski definition) is 4. The number of aromatic nitrogens is 4. The van der Waals surface area contributed by atoms with E-state index in [0.717, 1.165) is 57.9 Å². The van der Waals surface area contributed by atoms with Crippen LogP contribution in [0.2, 0.25) is 0 Å². The molecule has 4 heterocycles. The van der Waals surface area contributed by atoms with Gasteiger partial charge in [-0.2, -0.15) is 0 Å². The van der Waals surface area contributed by atoms with Crippen molar-refractivity contribution in [2.75, 3.05) is 0 Å². The lowest BCUT2D eigenvalue weighted by atomic mass is 9.70. The smallest absolute Gasteiger partial charge is 0.0887 e. The Hall–Kier alpha value is -5.84. The molecule has 0 unspecified atom stereocenters. The van der Waals surface area contributed by atoms with E-state index >= 15 is 0 Å². The zero-order valence-corrected chi connectivity index (χ0v) is 30.9. The maximum Gasteiger partial charge on any atom is 0.0887 e. The maximum absolute atomic E-state index is 4.64. The fourth-order valence-electron chi connectivity index (χ4n) is 7.58. The Morgan fingerprint density at radius 1 is 0.434 bits per heavy atom. The standard InChI is InChI=1S/C49H46N4/c1-3-5-7-11-29-49(30-12-8-6-4-2)43-33-37(17-19-39-23-27-47(52-35-39)45-15-9-13-31-50-45)21-25-41(43)42-26-22-38(34-44(42)49)18-20-40-24-28-48(53-36-40)46-16-10-14-32-51-46/h9-10,13-16,21-28,31-36H,3-8,11-12,29-30H2,1-2H3. The van der Waals surface area contributed by atoms with Crippen molar-refractivity contribution < 1.29 is 0 Å². The highest BCUT2D eigenvalue weighted by Crippen LogP contribution is 2.54. The topological polar surface area (TPSA) is 51.6 Å². The second kappa shape index (κ2) is 17.1. The van der Waals surface area contributed by atoms with Crippen molar-refractivity contribution in [1.29, 1.82) is 0 Å². The van der Waals surface area contributed by atoms with E-state index in [9.17, 15) is 0 Å². The molecule has 0 saturated carbocycles. The van der Waals surface area contributed by atoms with Crippen molar-refractivity contribution in [1.82, 2.24) is 19.9 Å². The lowest BCUT2D eigenvalue weighted by molar-refractivity contribution is 0.401. The van der Waals surface area contributed by atoms with Crippen LogP contribution in [0.5, 0.6) is 0 Å². The van der Waals surface area contributed by atoms with Crippen molar-refractivity contribution >= 4 is 0 Å². The molecular weight excluding hydrogens is 645 g/mol. The van der Waals surface area contributed by atoms with E-state index in [-0.39, 0.29) is 5.41 Å². The third-order valence-electron chi connectivity index (χ3n) is 10.4. The SMILES string of the molecule is CCCCCCC1(CCCCCC)c2cc(C#Cc3ccc(-c4ccccn4)nc3)ccc2-c2ccc(C#Cc3ccc(-c4ccccn4)nc3)cc21. The van der Waals surface area contributed by atoms with Crippen LogP contribution < -0.4 is 0 Å². The Morgan fingerprint density at radius 2 is 0.868 bits per heavy atom. The van der Waals surface area contributed by atoms with Gasteiger partial charge in [0.25, 0.3) is 0 Å². The molecule has 1 aliphatic carbocycles. The van der Waals surface area contributed by atoms with Gasteiger partial charge in [-0.15, -0.1) is 0 Å². The minimum absolute atomic E-state index is 0.0701. The molecule has 1 aliphatic rings. The molecule has 0 aliphatic heterocycles. The Kier molecular flexibility index (Phi) is 11.5. The molecule has 0 bridgehead atoms. The molecule has 0 amide bonds. The quantitative estimate of drug-likeness (QED) is 0.0947. The summed E-state index contributed by atoms with van der Waals surface area (Å²) in [6.07, 6.45) is 19.4. The number of nitrogens with zero attached hydrogens (tertiary/aromatic N) is 4. The molecule has 0 saturated heterocycles. The van der Waals surface area contributed by atoms with Gasteiger partial charge < -0.3 is 0 Å². The maximum atomic E-state index is 4.64. The molecule has 0 spiro atoms. The van der Waals surface area contributed by atoms with Gasteiger partial charge in [0.1, 0.15) is 0 Å². The van der Waals surface area contributed by atoms with Crippen LogP contribution in [0.1, 0.15) is 111 Å². The predicted octanol–water partition coefficient (Wildman–Crippen LogP) is 11.6. The van der Waals surface area contributed by atoms with Gasteiger partial charge in [-0.25, -0.2) is 0 Å². The Balaban J connectivity index is 1.22. The van der Waals surface area contributed by atoms with Gasteiger partial charge in [-0.1, -0.05) is 113 Å². The van der Waals surface area contributed by atoms with Gasteiger partial charge in [-0.3, -0.25) is 19.9 Å². The van der Waals surface area contributed by atoms with E-state index in [1.54, 1.807) is 12.4 Å². The van der Waals surface area contributed by atoms with Crippen LogP contribution in [0.4, 0.5) is 0 Å². The zero-order valence-electron chi connectivity index (χ0n) is 30.9. The predicted molar refractivity (Wildman–Crippen MR) is 217 cm³/mol. The van der Waals surface area contributed by atoms with Crippen LogP contribution in [-0.2, 0) is 5.41 Å². The number of unbranched alkanes of at least 4 members (excludes halogenated alkanes) is 6. The van der Waals surface area contributed by atoms with Gasteiger partial charge in [0, 0.05) is 52.5 Å². The summed E-state index contributed by atoms with van der Waals surface area (Å²) in [5.41, 5.74) is 12.7. The van der Waals surface area contributed by atoms with Crippen molar-refractivity contribution in [2.24, 2.45) is 0 Å². The van der Waals surface area contributed by atoms with Gasteiger partial charge in [0.05, 0.1) is 22.8 Å². The zero-order chi connectivity index (χ0) is 36.3. The molecule has 0 fully saturated rings. The summed E-state index contributed by atoms with van der Waals surface area (Å²) in [4.78, 5) is 18.1. The minimum Gasteiger partial charge on any atom is -0.255 e. The third kappa shape index (κ3) is 8.30. The van der Waals surface area contributed by atoms with Crippen molar-refractivity contribution in [3.8, 4) is 57.6 Å². The van der Waals surface area contributed by atoms with E-state index in [0.29, 0.717) is 0 Å². The number of hydrogen-bond donors (Lipinski definition) is 0.